The first kappa shape index (κ1) is 13.0. The van der Waals surface area contributed by atoms with Gasteiger partial charge in [0.25, 0.3) is 0 Å². The molecule has 16 heavy (non-hydrogen) atoms. The van der Waals surface area contributed by atoms with Crippen LogP contribution in [0.15, 0.2) is 0 Å². The summed E-state index contributed by atoms with van der Waals surface area (Å²) in [6, 6.07) is -0.440. The van der Waals surface area contributed by atoms with Crippen LogP contribution < -0.4 is 10.6 Å². The van der Waals surface area contributed by atoms with Gasteiger partial charge in [0.2, 0.25) is 11.8 Å². The lowest BCUT2D eigenvalue weighted by molar-refractivity contribution is -0.135. The predicted molar refractivity (Wildman–Crippen MR) is 61.9 cm³/mol. The van der Waals surface area contributed by atoms with Crippen molar-refractivity contribution in [2.24, 2.45) is 5.92 Å². The summed E-state index contributed by atoms with van der Waals surface area (Å²) in [5.41, 5.74) is 0. The number of hydrogen-bond donors (Lipinski definition) is 2. The fourth-order valence-corrected chi connectivity index (χ4v) is 1.86. The highest BCUT2D eigenvalue weighted by Crippen LogP contribution is 2.10. The average molecular weight is 227 g/mol. The molecule has 0 radical (unpaired) electrons. The van der Waals surface area contributed by atoms with Gasteiger partial charge in [-0.15, -0.1) is 0 Å². The average Bonchev–Trinajstić information content (AvgIpc) is 2.28. The summed E-state index contributed by atoms with van der Waals surface area (Å²) in [7, 11) is 3.38. The molecule has 1 aliphatic rings. The Morgan fingerprint density at radius 3 is 2.62 bits per heavy atom. The molecule has 0 spiro atoms. The van der Waals surface area contributed by atoms with Gasteiger partial charge in [-0.1, -0.05) is 0 Å². The molecule has 1 saturated heterocycles. The van der Waals surface area contributed by atoms with E-state index < -0.39 is 6.04 Å². The van der Waals surface area contributed by atoms with E-state index in [4.69, 9.17) is 0 Å². The molecule has 0 bridgehead atoms. The maximum atomic E-state index is 11.8. The molecule has 2 amide bonds. The Bertz CT molecular complexity index is 260. The number of nitrogens with zero attached hydrogens (tertiary/aromatic N) is 1. The molecule has 1 rings (SSSR count). The lowest BCUT2D eigenvalue weighted by Gasteiger charge is -2.24. The Kier molecular flexibility index (Phi) is 4.73. The zero-order chi connectivity index (χ0) is 12.1. The van der Waals surface area contributed by atoms with E-state index >= 15 is 0 Å². The predicted octanol–water partition coefficient (Wildman–Crippen LogP) is -0.421. The van der Waals surface area contributed by atoms with Gasteiger partial charge in [0.15, 0.2) is 0 Å². The van der Waals surface area contributed by atoms with Crippen LogP contribution in [0.25, 0.3) is 0 Å². The van der Waals surface area contributed by atoms with Crippen LogP contribution in [-0.2, 0) is 9.59 Å². The number of carbonyl (C=O) groups is 2. The molecule has 0 saturated carbocycles. The number of nitrogens with one attached hydrogen (secondary N) is 2. The van der Waals surface area contributed by atoms with E-state index in [1.165, 1.54) is 4.90 Å². The third-order valence-corrected chi connectivity index (χ3v) is 2.84. The second kappa shape index (κ2) is 5.84. The molecule has 1 aliphatic heterocycles. The third-order valence-electron chi connectivity index (χ3n) is 2.84. The van der Waals surface area contributed by atoms with Crippen molar-refractivity contribution in [3.63, 3.8) is 0 Å². The first-order valence-electron chi connectivity index (χ1n) is 5.74. The zero-order valence-corrected chi connectivity index (χ0v) is 10.2. The van der Waals surface area contributed by atoms with Crippen LogP contribution in [0.3, 0.4) is 0 Å². The molecule has 1 fully saturated rings. The number of amides is 2. The third kappa shape index (κ3) is 3.48. The van der Waals surface area contributed by atoms with Crippen LogP contribution in [-0.4, -0.2) is 49.9 Å². The van der Waals surface area contributed by atoms with Crippen LogP contribution in [0.5, 0.6) is 0 Å². The van der Waals surface area contributed by atoms with Crippen molar-refractivity contribution in [1.82, 2.24) is 15.5 Å². The van der Waals surface area contributed by atoms with E-state index in [0.29, 0.717) is 6.54 Å². The summed E-state index contributed by atoms with van der Waals surface area (Å²) in [5, 5.41) is 5.95. The quantitative estimate of drug-likeness (QED) is 0.688. The van der Waals surface area contributed by atoms with Gasteiger partial charge >= 0.3 is 0 Å². The first-order valence-corrected chi connectivity index (χ1v) is 5.74. The molecule has 0 aliphatic carbocycles. The maximum absolute atomic E-state index is 11.8. The van der Waals surface area contributed by atoms with Crippen molar-refractivity contribution in [1.29, 1.82) is 0 Å². The summed E-state index contributed by atoms with van der Waals surface area (Å²) in [5.74, 6) is -0.0850. The highest BCUT2D eigenvalue weighted by atomic mass is 16.2. The fraction of sp³-hybridized carbons (Fsp3) is 0.818. The molecule has 2 unspecified atom stereocenters. The van der Waals surface area contributed by atoms with Crippen molar-refractivity contribution in [2.45, 2.75) is 25.8 Å². The Morgan fingerprint density at radius 1 is 1.44 bits per heavy atom. The minimum atomic E-state index is -0.440. The second-order valence-corrected chi connectivity index (χ2v) is 4.51. The molecule has 0 aromatic rings. The number of likely N-dealkylation sites (N-methyl/N-ethyl adjacent to an activating group) is 1. The smallest absolute Gasteiger partial charge is 0.244 e. The van der Waals surface area contributed by atoms with Gasteiger partial charge in [-0.05, 0) is 26.3 Å². The molecule has 5 heteroatoms. The molecule has 92 valence electrons. The van der Waals surface area contributed by atoms with Crippen molar-refractivity contribution < 1.29 is 9.59 Å². The van der Waals surface area contributed by atoms with Crippen LogP contribution in [0.1, 0.15) is 19.8 Å². The second-order valence-electron chi connectivity index (χ2n) is 4.51. The largest absolute Gasteiger partial charge is 0.347 e. The van der Waals surface area contributed by atoms with Crippen molar-refractivity contribution in [3.8, 4) is 0 Å². The SMILES string of the molecule is CC(NC(=O)C1CCCNC1)C(=O)N(C)C. The van der Waals surface area contributed by atoms with Crippen LogP contribution in [0.4, 0.5) is 0 Å². The first-order chi connectivity index (χ1) is 7.52. The van der Waals surface area contributed by atoms with E-state index in [1.54, 1.807) is 21.0 Å². The Labute approximate surface area is 96.6 Å². The van der Waals surface area contributed by atoms with E-state index in [0.717, 1.165) is 19.4 Å². The summed E-state index contributed by atoms with van der Waals surface area (Å²) in [6.45, 7) is 3.42. The van der Waals surface area contributed by atoms with Gasteiger partial charge in [0.05, 0.1) is 5.92 Å². The lowest BCUT2D eigenvalue weighted by Crippen LogP contribution is -2.48. The lowest BCUT2D eigenvalue weighted by atomic mass is 9.98. The van der Waals surface area contributed by atoms with Gasteiger partial charge in [0, 0.05) is 20.6 Å². The van der Waals surface area contributed by atoms with Crippen molar-refractivity contribution >= 4 is 11.8 Å². The van der Waals surface area contributed by atoms with Gasteiger partial charge in [-0.2, -0.15) is 0 Å². The maximum Gasteiger partial charge on any atom is 0.244 e. The topological polar surface area (TPSA) is 61.4 Å². The van der Waals surface area contributed by atoms with Gasteiger partial charge in [-0.25, -0.2) is 0 Å². The van der Waals surface area contributed by atoms with Crippen LogP contribution in [0.2, 0.25) is 0 Å². The van der Waals surface area contributed by atoms with Crippen LogP contribution >= 0.6 is 0 Å². The zero-order valence-electron chi connectivity index (χ0n) is 10.2. The fourth-order valence-electron chi connectivity index (χ4n) is 1.86. The monoisotopic (exact) mass is 227 g/mol. The number of carbonyl (C=O) groups excluding carboxylic acids is 2. The summed E-state index contributed by atoms with van der Waals surface area (Å²) in [6.07, 6.45) is 1.93. The molecule has 1 heterocycles. The molecule has 0 aromatic carbocycles. The van der Waals surface area contributed by atoms with Crippen molar-refractivity contribution in [3.05, 3.63) is 0 Å². The summed E-state index contributed by atoms with van der Waals surface area (Å²) in [4.78, 5) is 24.9. The number of piperidine rings is 1. The number of hydrogen-bond acceptors (Lipinski definition) is 3. The molecule has 2 N–H and O–H groups in total. The van der Waals surface area contributed by atoms with Gasteiger partial charge in [-0.3, -0.25) is 9.59 Å². The van der Waals surface area contributed by atoms with Gasteiger partial charge < -0.3 is 15.5 Å². The highest BCUT2D eigenvalue weighted by molar-refractivity contribution is 5.88. The molecular formula is C11H21N3O2. The van der Waals surface area contributed by atoms with Crippen molar-refractivity contribution in [2.75, 3.05) is 27.2 Å². The van der Waals surface area contributed by atoms with E-state index in [-0.39, 0.29) is 17.7 Å². The molecule has 5 nitrogen and oxygen atoms in total. The number of rotatable bonds is 3. The summed E-state index contributed by atoms with van der Waals surface area (Å²) < 4.78 is 0. The highest BCUT2D eigenvalue weighted by Gasteiger charge is 2.24. The Morgan fingerprint density at radius 2 is 2.12 bits per heavy atom. The van der Waals surface area contributed by atoms with E-state index in [1.807, 2.05) is 0 Å². The minimum Gasteiger partial charge on any atom is -0.347 e. The normalized spacial score (nSPS) is 22.3. The Balaban J connectivity index is 2.40. The molecule has 2 atom stereocenters. The Hall–Kier alpha value is -1.10. The van der Waals surface area contributed by atoms with Crippen LogP contribution in [0, 0.1) is 5.92 Å². The molecular weight excluding hydrogens is 206 g/mol. The minimum absolute atomic E-state index is 0.00571. The van der Waals surface area contributed by atoms with Gasteiger partial charge in [0.1, 0.15) is 6.04 Å². The van der Waals surface area contributed by atoms with E-state index in [2.05, 4.69) is 10.6 Å². The standard InChI is InChI=1S/C11H21N3O2/c1-8(11(16)14(2)3)13-10(15)9-5-4-6-12-7-9/h8-9,12H,4-7H2,1-3H3,(H,13,15). The van der Waals surface area contributed by atoms with E-state index in [9.17, 15) is 9.59 Å². The molecule has 0 aromatic heterocycles. The summed E-state index contributed by atoms with van der Waals surface area (Å²) >= 11 is 0.